The number of aryl methyl sites for hydroxylation is 1. The van der Waals surface area contributed by atoms with Gasteiger partial charge in [0.2, 0.25) is 11.8 Å². The van der Waals surface area contributed by atoms with Gasteiger partial charge in [-0.2, -0.15) is 5.10 Å². The monoisotopic (exact) mass is 344 g/mol. The first-order valence-electron chi connectivity index (χ1n) is 8.28. The maximum atomic E-state index is 13.7. The van der Waals surface area contributed by atoms with Crippen LogP contribution in [0, 0.1) is 18.7 Å². The number of nitrogens with zero attached hydrogens (tertiary/aromatic N) is 3. The van der Waals surface area contributed by atoms with E-state index in [1.54, 1.807) is 29.9 Å². The Balaban J connectivity index is 1.61. The molecule has 0 unspecified atom stereocenters. The molecule has 0 spiro atoms. The third kappa shape index (κ3) is 3.87. The van der Waals surface area contributed by atoms with E-state index in [1.165, 1.54) is 11.0 Å². The molecule has 3 rings (SSSR count). The summed E-state index contributed by atoms with van der Waals surface area (Å²) in [4.78, 5) is 26.1. The summed E-state index contributed by atoms with van der Waals surface area (Å²) in [6.45, 7) is 4.39. The number of hydrogen-bond acceptors (Lipinski definition) is 3. The Morgan fingerprint density at radius 1 is 1.48 bits per heavy atom. The second kappa shape index (κ2) is 7.04. The van der Waals surface area contributed by atoms with Gasteiger partial charge in [-0.05, 0) is 37.6 Å². The highest BCUT2D eigenvalue weighted by Crippen LogP contribution is 2.26. The van der Waals surface area contributed by atoms with Crippen molar-refractivity contribution >= 4 is 17.5 Å². The third-order valence-electron chi connectivity index (χ3n) is 4.37. The minimum Gasteiger partial charge on any atom is -0.351 e. The molecule has 0 aliphatic carbocycles. The molecule has 1 aliphatic rings. The molecule has 2 heterocycles. The Kier molecular flexibility index (Phi) is 4.83. The molecule has 25 heavy (non-hydrogen) atoms. The molecular formula is C18H21FN4O2. The van der Waals surface area contributed by atoms with Gasteiger partial charge in [-0.15, -0.1) is 0 Å². The number of hydrogen-bond donors (Lipinski definition) is 1. The molecule has 1 saturated heterocycles. The van der Waals surface area contributed by atoms with Crippen molar-refractivity contribution in [2.45, 2.75) is 32.9 Å². The van der Waals surface area contributed by atoms with Gasteiger partial charge in [-0.1, -0.05) is 6.07 Å². The van der Waals surface area contributed by atoms with Crippen LogP contribution in [-0.2, 0) is 16.1 Å². The van der Waals surface area contributed by atoms with Crippen molar-refractivity contribution in [3.63, 3.8) is 0 Å². The molecule has 0 saturated carbocycles. The van der Waals surface area contributed by atoms with Gasteiger partial charge in [0.15, 0.2) is 0 Å². The van der Waals surface area contributed by atoms with E-state index in [4.69, 9.17) is 0 Å². The number of nitrogens with one attached hydrogen (secondary N) is 1. The number of benzene rings is 1. The topological polar surface area (TPSA) is 67.2 Å². The van der Waals surface area contributed by atoms with Gasteiger partial charge in [-0.25, -0.2) is 4.39 Å². The first kappa shape index (κ1) is 17.1. The van der Waals surface area contributed by atoms with Gasteiger partial charge in [0.1, 0.15) is 5.82 Å². The zero-order valence-corrected chi connectivity index (χ0v) is 14.3. The quantitative estimate of drug-likeness (QED) is 0.901. The second-order valence-electron chi connectivity index (χ2n) is 6.48. The van der Waals surface area contributed by atoms with Crippen LogP contribution in [0.3, 0.4) is 0 Å². The molecule has 2 amide bonds. The highest BCUT2D eigenvalue weighted by atomic mass is 19.1. The SMILES string of the molecule is Cc1ccc(N2C[C@H](C(=O)N[C@@H](C)Cn3cccn3)CC2=O)cc1F. The average molecular weight is 344 g/mol. The lowest BCUT2D eigenvalue weighted by molar-refractivity contribution is -0.126. The predicted octanol–water partition coefficient (Wildman–Crippen LogP) is 1.89. The van der Waals surface area contributed by atoms with E-state index in [0.717, 1.165) is 0 Å². The lowest BCUT2D eigenvalue weighted by Gasteiger charge is -2.19. The summed E-state index contributed by atoms with van der Waals surface area (Å²) >= 11 is 0. The van der Waals surface area contributed by atoms with Crippen LogP contribution in [0.25, 0.3) is 0 Å². The van der Waals surface area contributed by atoms with Crippen molar-refractivity contribution in [2.24, 2.45) is 5.92 Å². The molecule has 132 valence electrons. The van der Waals surface area contributed by atoms with Crippen molar-refractivity contribution in [3.8, 4) is 0 Å². The molecule has 1 aromatic heterocycles. The van der Waals surface area contributed by atoms with Crippen LogP contribution < -0.4 is 10.2 Å². The lowest BCUT2D eigenvalue weighted by atomic mass is 10.1. The van der Waals surface area contributed by atoms with Crippen LogP contribution in [-0.4, -0.2) is 34.2 Å². The van der Waals surface area contributed by atoms with Crippen molar-refractivity contribution in [3.05, 3.63) is 48.0 Å². The fourth-order valence-corrected chi connectivity index (χ4v) is 2.98. The van der Waals surface area contributed by atoms with Crippen molar-refractivity contribution < 1.29 is 14.0 Å². The van der Waals surface area contributed by atoms with Crippen molar-refractivity contribution in [2.75, 3.05) is 11.4 Å². The Labute approximate surface area is 145 Å². The summed E-state index contributed by atoms with van der Waals surface area (Å²) in [5, 5.41) is 7.03. The summed E-state index contributed by atoms with van der Waals surface area (Å²) in [6.07, 6.45) is 3.65. The van der Waals surface area contributed by atoms with Crippen LogP contribution in [0.5, 0.6) is 0 Å². The molecular weight excluding hydrogens is 323 g/mol. The second-order valence-corrected chi connectivity index (χ2v) is 6.48. The van der Waals surface area contributed by atoms with E-state index in [1.807, 2.05) is 19.2 Å². The van der Waals surface area contributed by atoms with Gasteiger partial charge in [0.25, 0.3) is 0 Å². The third-order valence-corrected chi connectivity index (χ3v) is 4.37. The summed E-state index contributed by atoms with van der Waals surface area (Å²) in [7, 11) is 0. The largest absolute Gasteiger partial charge is 0.351 e. The van der Waals surface area contributed by atoms with E-state index in [9.17, 15) is 14.0 Å². The lowest BCUT2D eigenvalue weighted by Crippen LogP contribution is -2.40. The first-order chi connectivity index (χ1) is 11.9. The van der Waals surface area contributed by atoms with Crippen molar-refractivity contribution in [1.82, 2.24) is 15.1 Å². The van der Waals surface area contributed by atoms with Crippen molar-refractivity contribution in [1.29, 1.82) is 0 Å². The number of amides is 2. The minimum absolute atomic E-state index is 0.103. The Hall–Kier alpha value is -2.70. The predicted molar refractivity (Wildman–Crippen MR) is 91.4 cm³/mol. The zero-order chi connectivity index (χ0) is 18.0. The number of carbonyl (C=O) groups excluding carboxylic acids is 2. The summed E-state index contributed by atoms with van der Waals surface area (Å²) in [5.74, 6) is -1.12. The molecule has 0 bridgehead atoms. The molecule has 2 aromatic rings. The molecule has 1 aromatic carbocycles. The molecule has 1 fully saturated rings. The van der Waals surface area contributed by atoms with Crippen LogP contribution in [0.15, 0.2) is 36.7 Å². The average Bonchev–Trinajstić information content (AvgIpc) is 3.19. The summed E-state index contributed by atoms with van der Waals surface area (Å²) in [5.41, 5.74) is 1.02. The maximum Gasteiger partial charge on any atom is 0.227 e. The maximum absolute atomic E-state index is 13.7. The highest BCUT2D eigenvalue weighted by Gasteiger charge is 2.35. The molecule has 1 aliphatic heterocycles. The van der Waals surface area contributed by atoms with E-state index < -0.39 is 5.92 Å². The minimum atomic E-state index is -0.433. The van der Waals surface area contributed by atoms with Crippen LogP contribution >= 0.6 is 0 Å². The Bertz CT molecular complexity index is 775. The number of anilines is 1. The van der Waals surface area contributed by atoms with E-state index in [0.29, 0.717) is 17.8 Å². The zero-order valence-electron chi connectivity index (χ0n) is 14.3. The van der Waals surface area contributed by atoms with Crippen LogP contribution in [0.4, 0.5) is 10.1 Å². The van der Waals surface area contributed by atoms with Gasteiger partial charge < -0.3 is 10.2 Å². The van der Waals surface area contributed by atoms with Crippen LogP contribution in [0.2, 0.25) is 0 Å². The van der Waals surface area contributed by atoms with Gasteiger partial charge in [0, 0.05) is 37.1 Å². The smallest absolute Gasteiger partial charge is 0.227 e. The molecule has 1 N–H and O–H groups in total. The van der Waals surface area contributed by atoms with E-state index in [-0.39, 0.29) is 36.6 Å². The number of aromatic nitrogens is 2. The molecule has 0 radical (unpaired) electrons. The van der Waals surface area contributed by atoms with Gasteiger partial charge in [0.05, 0.1) is 12.5 Å². The first-order valence-corrected chi connectivity index (χ1v) is 8.28. The van der Waals surface area contributed by atoms with E-state index >= 15 is 0 Å². The standard InChI is InChI=1S/C18H21FN4O2/c1-12-4-5-15(9-16(12)19)23-11-14(8-17(23)24)18(25)21-13(2)10-22-7-3-6-20-22/h3-7,9,13-14H,8,10-11H2,1-2H3,(H,21,25)/t13-,14+/m0/s1. The normalized spacial score (nSPS) is 18.4. The fraction of sp³-hybridized carbons (Fsp3) is 0.389. The fourth-order valence-electron chi connectivity index (χ4n) is 2.98. The molecule has 7 heteroatoms. The van der Waals surface area contributed by atoms with E-state index in [2.05, 4.69) is 10.4 Å². The summed E-state index contributed by atoms with van der Waals surface area (Å²) in [6, 6.07) is 6.40. The Morgan fingerprint density at radius 2 is 2.28 bits per heavy atom. The highest BCUT2D eigenvalue weighted by molar-refractivity contribution is 6.00. The molecule has 2 atom stereocenters. The molecule has 6 nitrogen and oxygen atoms in total. The van der Waals surface area contributed by atoms with Gasteiger partial charge in [-0.3, -0.25) is 14.3 Å². The Morgan fingerprint density at radius 3 is 2.96 bits per heavy atom. The number of carbonyl (C=O) groups is 2. The number of halogens is 1. The summed E-state index contributed by atoms with van der Waals surface area (Å²) < 4.78 is 15.5. The van der Waals surface area contributed by atoms with Crippen LogP contribution in [0.1, 0.15) is 18.9 Å². The number of rotatable bonds is 5. The van der Waals surface area contributed by atoms with Gasteiger partial charge >= 0.3 is 0 Å².